The molecule has 1 aliphatic heterocycles. The lowest BCUT2D eigenvalue weighted by atomic mass is 10.1. The van der Waals surface area contributed by atoms with Crippen LogP contribution in [0.1, 0.15) is 11.9 Å². The summed E-state index contributed by atoms with van der Waals surface area (Å²) >= 11 is 0. The molecule has 0 fully saturated rings. The van der Waals surface area contributed by atoms with Gasteiger partial charge in [-0.3, -0.25) is 4.98 Å². The molecule has 2 N–H and O–H groups in total. The molecule has 1 aliphatic rings. The third-order valence-corrected chi connectivity index (χ3v) is 4.87. The highest BCUT2D eigenvalue weighted by Crippen LogP contribution is 2.42. The number of ether oxygens (including phenoxy) is 3. The minimum atomic E-state index is -5.08. The second-order valence-electron chi connectivity index (χ2n) is 7.10. The van der Waals surface area contributed by atoms with Crippen LogP contribution in [0.25, 0.3) is 22.2 Å². The summed E-state index contributed by atoms with van der Waals surface area (Å²) < 4.78 is 49.0. The van der Waals surface area contributed by atoms with Crippen LogP contribution in [0.15, 0.2) is 60.9 Å². The monoisotopic (exact) mass is 473 g/mol. The fourth-order valence-corrected chi connectivity index (χ4v) is 3.28. The summed E-state index contributed by atoms with van der Waals surface area (Å²) in [5.74, 6) is -0.0636. The summed E-state index contributed by atoms with van der Waals surface area (Å²) in [6.07, 6.45) is -1.81. The number of hydrogen-bond acceptors (Lipinski definition) is 6. The van der Waals surface area contributed by atoms with Crippen LogP contribution in [0.3, 0.4) is 0 Å². The van der Waals surface area contributed by atoms with Crippen molar-refractivity contribution in [3.63, 3.8) is 0 Å². The molecular formula is C23H18F3N3O5. The first kappa shape index (κ1) is 22.9. The Balaban J connectivity index is 0.000000344. The molecule has 5 rings (SSSR count). The van der Waals surface area contributed by atoms with Crippen LogP contribution in [-0.4, -0.2) is 45.9 Å². The van der Waals surface area contributed by atoms with Gasteiger partial charge in [-0.25, -0.2) is 9.78 Å². The van der Waals surface area contributed by atoms with Gasteiger partial charge in [0.1, 0.15) is 6.61 Å². The molecule has 0 amide bonds. The number of nitrogens with one attached hydrogen (secondary N) is 1. The second kappa shape index (κ2) is 9.30. The zero-order valence-corrected chi connectivity index (χ0v) is 17.7. The van der Waals surface area contributed by atoms with E-state index < -0.39 is 12.1 Å². The van der Waals surface area contributed by atoms with Gasteiger partial charge in [0.05, 0.1) is 18.1 Å². The van der Waals surface area contributed by atoms with Gasteiger partial charge in [-0.15, -0.1) is 0 Å². The highest BCUT2D eigenvalue weighted by molar-refractivity contribution is 5.82. The number of pyridine rings is 1. The summed E-state index contributed by atoms with van der Waals surface area (Å²) in [5, 5.41) is 7.12. The summed E-state index contributed by atoms with van der Waals surface area (Å²) in [6.45, 7) is 0.365. The number of H-pyrrole nitrogens is 1. The Bertz CT molecular complexity index is 1310. The van der Waals surface area contributed by atoms with Gasteiger partial charge in [0.2, 0.25) is 5.75 Å². The van der Waals surface area contributed by atoms with Crippen LogP contribution in [0.4, 0.5) is 13.2 Å². The zero-order valence-electron chi connectivity index (χ0n) is 17.7. The van der Waals surface area contributed by atoms with Crippen LogP contribution in [0.2, 0.25) is 0 Å². The molecular weight excluding hydrogens is 455 g/mol. The van der Waals surface area contributed by atoms with Crippen molar-refractivity contribution in [3.8, 4) is 28.4 Å². The highest BCUT2D eigenvalue weighted by Gasteiger charge is 2.38. The van der Waals surface area contributed by atoms with Gasteiger partial charge < -0.3 is 24.3 Å². The maximum absolute atomic E-state index is 10.6. The predicted molar refractivity (Wildman–Crippen MR) is 115 cm³/mol. The largest absolute Gasteiger partial charge is 0.493 e. The van der Waals surface area contributed by atoms with Gasteiger partial charge >= 0.3 is 12.1 Å². The van der Waals surface area contributed by atoms with Crippen molar-refractivity contribution in [2.24, 2.45) is 0 Å². The van der Waals surface area contributed by atoms with E-state index in [0.717, 1.165) is 28.0 Å². The molecule has 34 heavy (non-hydrogen) atoms. The molecule has 1 unspecified atom stereocenters. The van der Waals surface area contributed by atoms with Crippen molar-refractivity contribution in [3.05, 3.63) is 66.7 Å². The lowest BCUT2D eigenvalue weighted by Gasteiger charge is -2.26. The van der Waals surface area contributed by atoms with Crippen molar-refractivity contribution >= 4 is 17.0 Å². The minimum absolute atomic E-state index is 0.304. The highest BCUT2D eigenvalue weighted by atomic mass is 19.4. The molecule has 0 spiro atoms. The number of carboxylic acids is 1. The number of aromatic amines is 1. The molecule has 0 bridgehead atoms. The van der Waals surface area contributed by atoms with Crippen LogP contribution < -0.4 is 14.2 Å². The van der Waals surface area contributed by atoms with Crippen molar-refractivity contribution in [2.75, 3.05) is 13.7 Å². The van der Waals surface area contributed by atoms with Crippen molar-refractivity contribution < 1.29 is 37.3 Å². The number of hydrogen-bond donors (Lipinski definition) is 2. The van der Waals surface area contributed by atoms with Crippen LogP contribution >= 0.6 is 0 Å². The van der Waals surface area contributed by atoms with E-state index in [1.165, 1.54) is 0 Å². The lowest BCUT2D eigenvalue weighted by molar-refractivity contribution is -0.192. The fraction of sp³-hybridized carbons (Fsp3) is 0.174. The minimum Gasteiger partial charge on any atom is -0.493 e. The average Bonchev–Trinajstić information content (AvgIpc) is 3.27. The topological polar surface area (TPSA) is 107 Å². The van der Waals surface area contributed by atoms with Gasteiger partial charge in [0.25, 0.3) is 0 Å². The number of methoxy groups -OCH3 is 1. The SMILES string of the molecule is COc1cccc2c1OCC(c1nc3ccc(-c4ccncc4)cc3[nH]1)O2.O=C(O)C(F)(F)F. The first-order chi connectivity index (χ1) is 16.3. The number of carbonyl (C=O) groups is 1. The first-order valence-corrected chi connectivity index (χ1v) is 9.93. The lowest BCUT2D eigenvalue weighted by Crippen LogP contribution is -2.22. The Morgan fingerprint density at radius 3 is 2.56 bits per heavy atom. The molecule has 0 radical (unpaired) electrons. The normalized spacial score (nSPS) is 14.8. The van der Waals surface area contributed by atoms with E-state index >= 15 is 0 Å². The first-order valence-electron chi connectivity index (χ1n) is 9.93. The molecule has 3 heterocycles. The summed E-state index contributed by atoms with van der Waals surface area (Å²) in [5.41, 5.74) is 4.07. The Labute approximate surface area is 190 Å². The molecule has 0 aliphatic carbocycles. The summed E-state index contributed by atoms with van der Waals surface area (Å²) in [4.78, 5) is 21.0. The number of carboxylic acid groups (broad SMARTS) is 1. The predicted octanol–water partition coefficient (Wildman–Crippen LogP) is 4.78. The number of imidazole rings is 1. The number of alkyl halides is 3. The Morgan fingerprint density at radius 2 is 1.88 bits per heavy atom. The quantitative estimate of drug-likeness (QED) is 0.441. The van der Waals surface area contributed by atoms with Crippen molar-refractivity contribution in [2.45, 2.75) is 12.3 Å². The number of fused-ring (bicyclic) bond motifs is 2. The maximum Gasteiger partial charge on any atom is 0.490 e. The molecule has 176 valence electrons. The van der Waals surface area contributed by atoms with Gasteiger partial charge in [-0.2, -0.15) is 13.2 Å². The van der Waals surface area contributed by atoms with Crippen LogP contribution in [0, 0.1) is 0 Å². The van der Waals surface area contributed by atoms with Crippen LogP contribution in [0.5, 0.6) is 17.2 Å². The van der Waals surface area contributed by atoms with Crippen molar-refractivity contribution in [1.29, 1.82) is 0 Å². The average molecular weight is 473 g/mol. The molecule has 0 saturated heterocycles. The molecule has 4 aromatic rings. The van der Waals surface area contributed by atoms with E-state index in [1.54, 1.807) is 19.5 Å². The zero-order chi connectivity index (χ0) is 24.3. The van der Waals surface area contributed by atoms with Crippen LogP contribution in [-0.2, 0) is 4.79 Å². The molecule has 1 atom stereocenters. The Kier molecular flexibility index (Phi) is 6.26. The number of halogens is 3. The van der Waals surface area contributed by atoms with E-state index in [9.17, 15) is 13.2 Å². The van der Waals surface area contributed by atoms with E-state index in [1.807, 2.05) is 36.4 Å². The van der Waals surface area contributed by atoms with Gasteiger partial charge in [0, 0.05) is 12.4 Å². The van der Waals surface area contributed by atoms with E-state index in [-0.39, 0.29) is 6.10 Å². The standard InChI is InChI=1S/C21H17N3O3.C2HF3O2/c1-25-17-3-2-4-18-20(17)26-12-19(27-18)21-23-15-6-5-14(11-16(15)24-21)13-7-9-22-10-8-13;3-2(4,5)1(6)7/h2-11,19H,12H2,1H3,(H,23,24);(H,6,7). The van der Waals surface area contributed by atoms with E-state index in [0.29, 0.717) is 23.9 Å². The smallest absolute Gasteiger partial charge is 0.490 e. The number of benzene rings is 2. The molecule has 11 heteroatoms. The van der Waals surface area contributed by atoms with Crippen molar-refractivity contribution in [1.82, 2.24) is 15.0 Å². The summed E-state index contributed by atoms with van der Waals surface area (Å²) in [7, 11) is 1.62. The van der Waals surface area contributed by atoms with Gasteiger partial charge in [0.15, 0.2) is 23.4 Å². The number of nitrogens with zero attached hydrogens (tertiary/aromatic N) is 2. The number of aromatic nitrogens is 3. The molecule has 0 saturated carbocycles. The maximum atomic E-state index is 10.6. The Hall–Kier alpha value is -4.28. The van der Waals surface area contributed by atoms with E-state index in [4.69, 9.17) is 24.1 Å². The number of aliphatic carboxylic acids is 1. The third kappa shape index (κ3) is 4.87. The molecule has 8 nitrogen and oxygen atoms in total. The number of rotatable bonds is 3. The third-order valence-electron chi connectivity index (χ3n) is 4.87. The molecule has 2 aromatic heterocycles. The van der Waals surface area contributed by atoms with Gasteiger partial charge in [-0.05, 0) is 47.5 Å². The fourth-order valence-electron chi connectivity index (χ4n) is 3.28. The van der Waals surface area contributed by atoms with Gasteiger partial charge in [-0.1, -0.05) is 12.1 Å². The Morgan fingerprint density at radius 1 is 1.15 bits per heavy atom. The molecule has 2 aromatic carbocycles. The van der Waals surface area contributed by atoms with E-state index in [2.05, 4.69) is 27.1 Å². The summed E-state index contributed by atoms with van der Waals surface area (Å²) in [6, 6.07) is 15.7. The second-order valence-corrected chi connectivity index (χ2v) is 7.10. The number of para-hydroxylation sites is 1.